The Morgan fingerprint density at radius 2 is 2.00 bits per heavy atom. The number of carbonyl (C=O) groups is 1. The van der Waals surface area contributed by atoms with Gasteiger partial charge in [0, 0.05) is 0 Å². The van der Waals surface area contributed by atoms with Crippen LogP contribution in [0.5, 0.6) is 0 Å². The highest BCUT2D eigenvalue weighted by atomic mass is 19.3. The fourth-order valence-corrected chi connectivity index (χ4v) is 0.867. The summed E-state index contributed by atoms with van der Waals surface area (Å²) in [5, 5.41) is 9.00. The number of ether oxygens (including phenoxy) is 1. The number of rotatable bonds is 4. The van der Waals surface area contributed by atoms with Crippen LogP contribution in [0.15, 0.2) is 0 Å². The summed E-state index contributed by atoms with van der Waals surface area (Å²) >= 11 is 0. The lowest BCUT2D eigenvalue weighted by Gasteiger charge is -2.21. The van der Waals surface area contributed by atoms with E-state index in [9.17, 15) is 13.6 Å². The Morgan fingerprint density at radius 1 is 1.54 bits per heavy atom. The molecule has 0 aliphatic carbocycles. The average molecular weight is 196 g/mol. The normalized spacial score (nSPS) is 14.4. The van der Waals surface area contributed by atoms with Crippen molar-refractivity contribution in [3.05, 3.63) is 0 Å². The highest BCUT2D eigenvalue weighted by molar-refractivity contribution is 5.78. The summed E-state index contributed by atoms with van der Waals surface area (Å²) in [5.74, 6) is -5.61. The van der Waals surface area contributed by atoms with E-state index in [0.717, 1.165) is 7.11 Å². The second kappa shape index (κ2) is 4.50. The lowest BCUT2D eigenvalue weighted by molar-refractivity contribution is -0.186. The van der Waals surface area contributed by atoms with Crippen LogP contribution in [0, 0.1) is 5.92 Å². The predicted molar refractivity (Wildman–Crippen MR) is 42.4 cm³/mol. The molecule has 0 aliphatic heterocycles. The lowest BCUT2D eigenvalue weighted by Crippen LogP contribution is -2.42. The van der Waals surface area contributed by atoms with Crippen molar-refractivity contribution in [3.63, 3.8) is 0 Å². The monoisotopic (exact) mass is 196 g/mol. The number of aliphatic hydroxyl groups excluding tert-OH is 1. The van der Waals surface area contributed by atoms with Gasteiger partial charge < -0.3 is 9.84 Å². The van der Waals surface area contributed by atoms with Crippen LogP contribution in [0.25, 0.3) is 0 Å². The smallest absolute Gasteiger partial charge is 0.379 e. The highest BCUT2D eigenvalue weighted by Crippen LogP contribution is 2.24. The van der Waals surface area contributed by atoms with Gasteiger partial charge in [-0.3, -0.25) is 0 Å². The number of carbonyl (C=O) groups excluding carboxylic acids is 1. The Bertz CT molecular complexity index is 180. The summed E-state index contributed by atoms with van der Waals surface area (Å²) in [6.07, 6.45) is -2.11. The zero-order valence-corrected chi connectivity index (χ0v) is 7.88. The van der Waals surface area contributed by atoms with Crippen molar-refractivity contribution in [2.75, 3.05) is 7.11 Å². The first-order valence-electron chi connectivity index (χ1n) is 3.96. The Balaban J connectivity index is 4.35. The van der Waals surface area contributed by atoms with Crippen molar-refractivity contribution in [3.8, 4) is 0 Å². The topological polar surface area (TPSA) is 46.5 Å². The number of hydrogen-bond acceptors (Lipinski definition) is 3. The zero-order chi connectivity index (χ0) is 10.6. The molecule has 1 N–H and O–H groups in total. The van der Waals surface area contributed by atoms with Crippen molar-refractivity contribution in [2.45, 2.75) is 32.3 Å². The molecule has 0 bridgehead atoms. The van der Waals surface area contributed by atoms with Gasteiger partial charge in [-0.05, 0) is 12.3 Å². The molecule has 78 valence electrons. The predicted octanol–water partition coefficient (Wildman–Crippen LogP) is 1.20. The van der Waals surface area contributed by atoms with E-state index in [-0.39, 0.29) is 12.3 Å². The largest absolute Gasteiger partial charge is 0.465 e. The Labute approximate surface area is 75.7 Å². The van der Waals surface area contributed by atoms with Crippen LogP contribution < -0.4 is 0 Å². The van der Waals surface area contributed by atoms with Gasteiger partial charge in [0.15, 0.2) is 0 Å². The molecule has 0 aromatic carbocycles. The summed E-state index contributed by atoms with van der Waals surface area (Å²) in [6.45, 7) is 3.35. The fourth-order valence-electron chi connectivity index (χ4n) is 0.867. The van der Waals surface area contributed by atoms with E-state index >= 15 is 0 Å². The minimum Gasteiger partial charge on any atom is -0.465 e. The maximum Gasteiger partial charge on any atom is 0.379 e. The quantitative estimate of drug-likeness (QED) is 0.687. The first-order chi connectivity index (χ1) is 5.82. The van der Waals surface area contributed by atoms with Crippen LogP contribution in [0.3, 0.4) is 0 Å². The molecule has 0 fully saturated rings. The second-order valence-corrected chi connectivity index (χ2v) is 3.26. The molecule has 5 heteroatoms. The number of hydrogen-bond donors (Lipinski definition) is 1. The lowest BCUT2D eigenvalue weighted by atomic mass is 10.0. The molecule has 0 rings (SSSR count). The highest BCUT2D eigenvalue weighted by Gasteiger charge is 2.47. The molecule has 1 atom stereocenters. The third-order valence-corrected chi connectivity index (χ3v) is 1.57. The van der Waals surface area contributed by atoms with E-state index < -0.39 is 18.0 Å². The summed E-state index contributed by atoms with van der Waals surface area (Å²) in [4.78, 5) is 10.5. The first kappa shape index (κ1) is 12.3. The molecule has 0 aliphatic rings. The van der Waals surface area contributed by atoms with Gasteiger partial charge in [0.1, 0.15) is 6.10 Å². The standard InChI is InChI=1S/C8H14F2O3/c1-5(2)4-6(11)8(9,10)7(12)13-3/h5-6,11H,4H2,1-3H3. The number of methoxy groups -OCH3 is 1. The van der Waals surface area contributed by atoms with E-state index in [1.165, 1.54) is 0 Å². The molecule has 13 heavy (non-hydrogen) atoms. The van der Waals surface area contributed by atoms with Gasteiger partial charge in [0.05, 0.1) is 7.11 Å². The number of aliphatic hydroxyl groups is 1. The third-order valence-electron chi connectivity index (χ3n) is 1.57. The molecular formula is C8H14F2O3. The minimum absolute atomic E-state index is 0.106. The van der Waals surface area contributed by atoms with E-state index in [1.54, 1.807) is 13.8 Å². The van der Waals surface area contributed by atoms with Gasteiger partial charge in [0.25, 0.3) is 0 Å². The van der Waals surface area contributed by atoms with Gasteiger partial charge in [-0.25, -0.2) is 4.79 Å². The van der Waals surface area contributed by atoms with Crippen LogP contribution in [-0.4, -0.2) is 30.2 Å². The van der Waals surface area contributed by atoms with Crippen molar-refractivity contribution in [1.82, 2.24) is 0 Å². The van der Waals surface area contributed by atoms with Crippen LogP contribution >= 0.6 is 0 Å². The van der Waals surface area contributed by atoms with Gasteiger partial charge in [-0.2, -0.15) is 8.78 Å². The van der Waals surface area contributed by atoms with Crippen molar-refractivity contribution in [2.24, 2.45) is 5.92 Å². The molecule has 0 aromatic heterocycles. The van der Waals surface area contributed by atoms with E-state index in [0.29, 0.717) is 0 Å². The van der Waals surface area contributed by atoms with Crippen LogP contribution in [0.2, 0.25) is 0 Å². The number of alkyl halides is 2. The fraction of sp³-hybridized carbons (Fsp3) is 0.875. The van der Waals surface area contributed by atoms with Gasteiger partial charge >= 0.3 is 11.9 Å². The summed E-state index contributed by atoms with van der Waals surface area (Å²) in [7, 11) is 0.859. The number of esters is 1. The van der Waals surface area contributed by atoms with Gasteiger partial charge in [-0.1, -0.05) is 13.8 Å². The molecule has 1 unspecified atom stereocenters. The van der Waals surface area contributed by atoms with E-state index in [4.69, 9.17) is 5.11 Å². The Morgan fingerprint density at radius 3 is 2.31 bits per heavy atom. The van der Waals surface area contributed by atoms with Crippen LogP contribution in [-0.2, 0) is 9.53 Å². The Kier molecular flexibility index (Phi) is 4.26. The number of halogens is 2. The minimum atomic E-state index is -3.81. The van der Waals surface area contributed by atoms with Crippen molar-refractivity contribution in [1.29, 1.82) is 0 Å². The molecule has 0 spiro atoms. The first-order valence-corrected chi connectivity index (χ1v) is 3.96. The molecule has 0 radical (unpaired) electrons. The zero-order valence-electron chi connectivity index (χ0n) is 7.88. The average Bonchev–Trinajstić information content (AvgIpc) is 2.01. The van der Waals surface area contributed by atoms with Gasteiger partial charge in [-0.15, -0.1) is 0 Å². The van der Waals surface area contributed by atoms with Crippen molar-refractivity contribution < 1.29 is 23.4 Å². The molecule has 3 nitrogen and oxygen atoms in total. The summed E-state index contributed by atoms with van der Waals surface area (Å²) < 4.78 is 29.6. The van der Waals surface area contributed by atoms with E-state index in [1.807, 2.05) is 0 Å². The summed E-state index contributed by atoms with van der Waals surface area (Å²) in [5.41, 5.74) is 0. The Hall–Kier alpha value is -0.710. The molecule has 0 amide bonds. The molecule has 0 aromatic rings. The molecule has 0 saturated carbocycles. The third kappa shape index (κ3) is 3.26. The molecule has 0 saturated heterocycles. The maximum atomic E-state index is 12.8. The molecular weight excluding hydrogens is 182 g/mol. The summed E-state index contributed by atoms with van der Waals surface area (Å²) in [6, 6.07) is 0. The van der Waals surface area contributed by atoms with Gasteiger partial charge in [0.2, 0.25) is 0 Å². The van der Waals surface area contributed by atoms with Crippen LogP contribution in [0.1, 0.15) is 20.3 Å². The van der Waals surface area contributed by atoms with E-state index in [2.05, 4.69) is 4.74 Å². The second-order valence-electron chi connectivity index (χ2n) is 3.26. The van der Waals surface area contributed by atoms with Crippen LogP contribution in [0.4, 0.5) is 8.78 Å². The maximum absolute atomic E-state index is 12.8. The molecule has 0 heterocycles. The van der Waals surface area contributed by atoms with Crippen molar-refractivity contribution >= 4 is 5.97 Å². The SMILES string of the molecule is COC(=O)C(F)(F)C(O)CC(C)C.